The fraction of sp³-hybridized carbons (Fsp3) is 0.353. The standard InChI is InChI=1S/C17H22N2OS/c1-3-19(12-16-9-6-10-21-16)13-17(20)18-11-15-8-5-4-7-14(15)2/h4-10H,3,11-13H2,1-2H3,(H,18,20). The largest absolute Gasteiger partial charge is 0.351 e. The van der Waals surface area contributed by atoms with Crippen LogP contribution in [0.5, 0.6) is 0 Å². The van der Waals surface area contributed by atoms with Crippen molar-refractivity contribution in [2.75, 3.05) is 13.1 Å². The zero-order chi connectivity index (χ0) is 15.1. The predicted molar refractivity (Wildman–Crippen MR) is 88.3 cm³/mol. The minimum atomic E-state index is 0.0802. The van der Waals surface area contributed by atoms with E-state index in [1.165, 1.54) is 16.0 Å². The van der Waals surface area contributed by atoms with Gasteiger partial charge in [-0.1, -0.05) is 37.3 Å². The summed E-state index contributed by atoms with van der Waals surface area (Å²) >= 11 is 1.73. The second-order valence-electron chi connectivity index (χ2n) is 5.09. The molecule has 0 radical (unpaired) electrons. The minimum absolute atomic E-state index is 0.0802. The number of nitrogens with zero attached hydrogens (tertiary/aromatic N) is 1. The van der Waals surface area contributed by atoms with Crippen LogP contribution in [0.4, 0.5) is 0 Å². The molecule has 4 heteroatoms. The van der Waals surface area contributed by atoms with E-state index in [4.69, 9.17) is 0 Å². The number of rotatable bonds is 7. The second kappa shape index (κ2) is 7.96. The molecule has 2 aromatic rings. The predicted octanol–water partition coefficient (Wildman–Crippen LogP) is 3.19. The summed E-state index contributed by atoms with van der Waals surface area (Å²) in [5, 5.41) is 5.08. The Balaban J connectivity index is 1.81. The Morgan fingerprint density at radius 3 is 2.71 bits per heavy atom. The third-order valence-electron chi connectivity index (χ3n) is 3.51. The molecule has 1 heterocycles. The van der Waals surface area contributed by atoms with Gasteiger partial charge < -0.3 is 5.32 Å². The minimum Gasteiger partial charge on any atom is -0.351 e. The van der Waals surface area contributed by atoms with Gasteiger partial charge in [0.25, 0.3) is 0 Å². The van der Waals surface area contributed by atoms with Gasteiger partial charge in [-0.15, -0.1) is 11.3 Å². The van der Waals surface area contributed by atoms with Gasteiger partial charge in [-0.05, 0) is 36.0 Å². The first-order chi connectivity index (χ1) is 10.2. The highest BCUT2D eigenvalue weighted by Crippen LogP contribution is 2.11. The molecule has 0 unspecified atom stereocenters. The van der Waals surface area contributed by atoms with Crippen molar-refractivity contribution in [3.63, 3.8) is 0 Å². The van der Waals surface area contributed by atoms with Crippen molar-refractivity contribution in [1.82, 2.24) is 10.2 Å². The SMILES string of the molecule is CCN(CC(=O)NCc1ccccc1C)Cc1cccs1. The smallest absolute Gasteiger partial charge is 0.234 e. The molecule has 1 amide bonds. The van der Waals surface area contributed by atoms with E-state index in [0.717, 1.165) is 13.1 Å². The Hall–Kier alpha value is -1.65. The van der Waals surface area contributed by atoms with Gasteiger partial charge in [-0.3, -0.25) is 9.69 Å². The quantitative estimate of drug-likeness (QED) is 0.852. The number of aryl methyl sites for hydroxylation is 1. The Bertz CT molecular complexity index is 566. The number of carbonyl (C=O) groups is 1. The van der Waals surface area contributed by atoms with Gasteiger partial charge >= 0.3 is 0 Å². The summed E-state index contributed by atoms with van der Waals surface area (Å²) in [5.41, 5.74) is 2.39. The summed E-state index contributed by atoms with van der Waals surface area (Å²) in [7, 11) is 0. The monoisotopic (exact) mass is 302 g/mol. The molecule has 3 nitrogen and oxygen atoms in total. The third kappa shape index (κ3) is 4.99. The molecule has 2 rings (SSSR count). The van der Waals surface area contributed by atoms with E-state index in [0.29, 0.717) is 13.1 Å². The average molecular weight is 302 g/mol. The highest BCUT2D eigenvalue weighted by Gasteiger charge is 2.10. The molecule has 0 spiro atoms. The van der Waals surface area contributed by atoms with Gasteiger partial charge in [0.1, 0.15) is 0 Å². The summed E-state index contributed by atoms with van der Waals surface area (Å²) in [6, 6.07) is 12.3. The van der Waals surface area contributed by atoms with Crippen molar-refractivity contribution in [1.29, 1.82) is 0 Å². The maximum atomic E-state index is 12.1. The molecule has 0 fully saturated rings. The van der Waals surface area contributed by atoms with Crippen LogP contribution >= 0.6 is 11.3 Å². The molecule has 0 bridgehead atoms. The average Bonchev–Trinajstić information content (AvgIpc) is 2.98. The first-order valence-electron chi connectivity index (χ1n) is 7.25. The van der Waals surface area contributed by atoms with Crippen molar-refractivity contribution < 1.29 is 4.79 Å². The van der Waals surface area contributed by atoms with E-state index in [2.05, 4.69) is 47.6 Å². The number of carbonyl (C=O) groups excluding carboxylic acids is 1. The lowest BCUT2D eigenvalue weighted by Gasteiger charge is -2.19. The number of likely N-dealkylation sites (N-methyl/N-ethyl adjacent to an activating group) is 1. The maximum absolute atomic E-state index is 12.1. The van der Waals surface area contributed by atoms with Crippen LogP contribution in [0.2, 0.25) is 0 Å². The first-order valence-corrected chi connectivity index (χ1v) is 8.13. The zero-order valence-electron chi connectivity index (χ0n) is 12.6. The molecule has 112 valence electrons. The fourth-order valence-electron chi connectivity index (χ4n) is 2.16. The lowest BCUT2D eigenvalue weighted by molar-refractivity contribution is -0.122. The van der Waals surface area contributed by atoms with Crippen LogP contribution in [0.15, 0.2) is 41.8 Å². The van der Waals surface area contributed by atoms with Crippen LogP contribution in [-0.4, -0.2) is 23.9 Å². The van der Waals surface area contributed by atoms with Crippen molar-refractivity contribution in [3.8, 4) is 0 Å². The van der Waals surface area contributed by atoms with Gasteiger partial charge in [0.05, 0.1) is 6.54 Å². The summed E-state index contributed by atoms with van der Waals surface area (Å²) < 4.78 is 0. The maximum Gasteiger partial charge on any atom is 0.234 e. The number of nitrogens with one attached hydrogen (secondary N) is 1. The van der Waals surface area contributed by atoms with Gasteiger partial charge in [0.15, 0.2) is 0 Å². The number of hydrogen-bond acceptors (Lipinski definition) is 3. The molecule has 0 aliphatic heterocycles. The number of thiophene rings is 1. The first kappa shape index (κ1) is 15.7. The van der Waals surface area contributed by atoms with Gasteiger partial charge in [-0.2, -0.15) is 0 Å². The van der Waals surface area contributed by atoms with Gasteiger partial charge in [-0.25, -0.2) is 0 Å². The van der Waals surface area contributed by atoms with Crippen molar-refractivity contribution in [3.05, 3.63) is 57.8 Å². The lowest BCUT2D eigenvalue weighted by Crippen LogP contribution is -2.36. The molecule has 1 N–H and O–H groups in total. The number of amides is 1. The van der Waals surface area contributed by atoms with Crippen LogP contribution < -0.4 is 5.32 Å². The van der Waals surface area contributed by atoms with Gasteiger partial charge in [0.2, 0.25) is 5.91 Å². The highest BCUT2D eigenvalue weighted by atomic mass is 32.1. The lowest BCUT2D eigenvalue weighted by atomic mass is 10.1. The van der Waals surface area contributed by atoms with Crippen LogP contribution in [0.3, 0.4) is 0 Å². The molecule has 0 saturated heterocycles. The normalized spacial score (nSPS) is 10.8. The number of hydrogen-bond donors (Lipinski definition) is 1. The van der Waals surface area contributed by atoms with Gasteiger partial charge in [0, 0.05) is 18.0 Å². The molecule has 0 saturated carbocycles. The summed E-state index contributed by atoms with van der Waals surface area (Å²) in [5.74, 6) is 0.0802. The van der Waals surface area contributed by atoms with E-state index < -0.39 is 0 Å². The van der Waals surface area contributed by atoms with Crippen molar-refractivity contribution in [2.24, 2.45) is 0 Å². The van der Waals surface area contributed by atoms with Crippen LogP contribution in [0.25, 0.3) is 0 Å². The molecule has 21 heavy (non-hydrogen) atoms. The zero-order valence-corrected chi connectivity index (χ0v) is 13.5. The van der Waals surface area contributed by atoms with Crippen LogP contribution in [0, 0.1) is 6.92 Å². The van der Waals surface area contributed by atoms with E-state index in [-0.39, 0.29) is 5.91 Å². The number of benzene rings is 1. The highest BCUT2D eigenvalue weighted by molar-refractivity contribution is 7.09. The molecule has 0 atom stereocenters. The summed E-state index contributed by atoms with van der Waals surface area (Å²) in [6.45, 7) is 6.91. The Kier molecular flexibility index (Phi) is 5.96. The third-order valence-corrected chi connectivity index (χ3v) is 4.37. The molecule has 1 aromatic carbocycles. The van der Waals surface area contributed by atoms with E-state index in [1.54, 1.807) is 11.3 Å². The summed E-state index contributed by atoms with van der Waals surface area (Å²) in [6.07, 6.45) is 0. The Morgan fingerprint density at radius 1 is 1.24 bits per heavy atom. The summed E-state index contributed by atoms with van der Waals surface area (Å²) in [4.78, 5) is 15.5. The van der Waals surface area contributed by atoms with Crippen LogP contribution in [0.1, 0.15) is 22.9 Å². The van der Waals surface area contributed by atoms with Crippen molar-refractivity contribution in [2.45, 2.75) is 26.9 Å². The topological polar surface area (TPSA) is 32.3 Å². The van der Waals surface area contributed by atoms with Crippen molar-refractivity contribution >= 4 is 17.2 Å². The fourth-order valence-corrected chi connectivity index (χ4v) is 2.91. The molecule has 0 aliphatic carbocycles. The van der Waals surface area contributed by atoms with Crippen LogP contribution in [-0.2, 0) is 17.9 Å². The Morgan fingerprint density at radius 2 is 2.05 bits per heavy atom. The molecule has 0 aliphatic rings. The Labute approximate surface area is 130 Å². The van der Waals surface area contributed by atoms with E-state index in [9.17, 15) is 4.79 Å². The molecular weight excluding hydrogens is 280 g/mol. The molecular formula is C17H22N2OS. The van der Waals surface area contributed by atoms with E-state index in [1.807, 2.05) is 18.2 Å². The second-order valence-corrected chi connectivity index (χ2v) is 6.12. The van der Waals surface area contributed by atoms with E-state index >= 15 is 0 Å². The molecule has 1 aromatic heterocycles.